The number of fused-ring (bicyclic) bond motifs is 1. The summed E-state index contributed by atoms with van der Waals surface area (Å²) in [5, 5.41) is 0. The summed E-state index contributed by atoms with van der Waals surface area (Å²) in [7, 11) is 0. The van der Waals surface area contributed by atoms with Gasteiger partial charge in [0.05, 0.1) is 5.69 Å². The monoisotopic (exact) mass is 558 g/mol. The van der Waals surface area contributed by atoms with Gasteiger partial charge in [0.2, 0.25) is 5.91 Å². The lowest BCUT2D eigenvalue weighted by Gasteiger charge is -2.26. The predicted molar refractivity (Wildman–Crippen MR) is 135 cm³/mol. The topological polar surface area (TPSA) is 75.5 Å². The fourth-order valence-electron chi connectivity index (χ4n) is 4.91. The van der Waals surface area contributed by atoms with Crippen LogP contribution in [0.15, 0.2) is 67.0 Å². The lowest BCUT2D eigenvalue weighted by atomic mass is 9.96. The molecule has 1 fully saturated rings. The van der Waals surface area contributed by atoms with Gasteiger partial charge in [-0.25, -0.2) is 13.8 Å². The van der Waals surface area contributed by atoms with Crippen molar-refractivity contribution in [3.8, 4) is 5.69 Å². The molecular weight excluding hydrogens is 535 g/mol. The Kier molecular flexibility index (Phi) is 7.03. The van der Waals surface area contributed by atoms with Crippen molar-refractivity contribution in [2.45, 2.75) is 31.4 Å². The van der Waals surface area contributed by atoms with Crippen LogP contribution in [0.25, 0.3) is 11.3 Å². The number of likely N-dealkylation sites (tertiary alicyclic amines) is 1. The zero-order chi connectivity index (χ0) is 28.7. The molecule has 0 radical (unpaired) electrons. The third kappa shape index (κ3) is 5.13. The van der Waals surface area contributed by atoms with Crippen LogP contribution in [0.4, 0.5) is 27.6 Å². The van der Waals surface area contributed by atoms with E-state index in [0.29, 0.717) is 0 Å². The Labute approximate surface area is 225 Å². The maximum absolute atomic E-state index is 15.5. The van der Waals surface area contributed by atoms with E-state index >= 15 is 8.78 Å². The number of anilines is 1. The van der Waals surface area contributed by atoms with Gasteiger partial charge in [0.25, 0.3) is 11.8 Å². The fraction of sp³-hybridized carbons (Fsp3) is 0.286. The van der Waals surface area contributed by atoms with Crippen molar-refractivity contribution in [3.63, 3.8) is 0 Å². The molecule has 40 heavy (non-hydrogen) atoms. The second-order valence-corrected chi connectivity index (χ2v) is 9.50. The summed E-state index contributed by atoms with van der Waals surface area (Å²) in [4.78, 5) is 44.0. The molecule has 0 spiro atoms. The largest absolute Gasteiger partial charge is 0.434 e. The summed E-state index contributed by atoms with van der Waals surface area (Å²) in [6.07, 6.45) is -4.00. The first-order valence-electron chi connectivity index (χ1n) is 12.5. The molecule has 0 saturated carbocycles. The van der Waals surface area contributed by atoms with Gasteiger partial charge in [-0.3, -0.25) is 19.0 Å². The molecule has 0 atom stereocenters. The summed E-state index contributed by atoms with van der Waals surface area (Å²) >= 11 is 0. The number of carbonyl (C=O) groups is 3. The van der Waals surface area contributed by atoms with Gasteiger partial charge >= 0.3 is 6.18 Å². The Balaban J connectivity index is 1.57. The highest BCUT2D eigenvalue weighted by molar-refractivity contribution is 6.09. The summed E-state index contributed by atoms with van der Waals surface area (Å²) in [5.41, 5.74) is -3.02. The average molecular weight is 559 g/mol. The van der Waals surface area contributed by atoms with Crippen LogP contribution in [0.5, 0.6) is 0 Å². The molecule has 2 aliphatic rings. The number of amides is 2. The van der Waals surface area contributed by atoms with Crippen molar-refractivity contribution in [2.75, 3.05) is 24.5 Å². The molecule has 2 aliphatic heterocycles. The first-order valence-corrected chi connectivity index (χ1v) is 12.5. The zero-order valence-electron chi connectivity index (χ0n) is 21.0. The highest BCUT2D eigenvalue weighted by Crippen LogP contribution is 2.44. The van der Waals surface area contributed by atoms with Gasteiger partial charge in [0.1, 0.15) is 12.1 Å². The van der Waals surface area contributed by atoms with Crippen LogP contribution in [0.2, 0.25) is 0 Å². The number of rotatable bonds is 3. The van der Waals surface area contributed by atoms with Crippen molar-refractivity contribution in [3.05, 3.63) is 84.0 Å². The standard InChI is InChI=1S/C28H23F5N4O3/c29-27(30)12-15-36(26(40)24-25(28(31,32)33)37(17-34-24)18-6-2-1-3-7-18)22-9-5-4-8-20(22)21(27)16-23(39)35-13-10-19(38)11-14-35/h1-9,16-17H,10-15H2/b21-16-. The van der Waals surface area contributed by atoms with E-state index in [0.717, 1.165) is 21.9 Å². The minimum Gasteiger partial charge on any atom is -0.338 e. The van der Waals surface area contributed by atoms with E-state index in [-0.39, 0.29) is 48.7 Å². The number of ketones is 1. The Morgan fingerprint density at radius 3 is 2.25 bits per heavy atom. The van der Waals surface area contributed by atoms with Crippen molar-refractivity contribution >= 4 is 28.9 Å². The molecule has 7 nitrogen and oxygen atoms in total. The van der Waals surface area contributed by atoms with Crippen molar-refractivity contribution in [1.29, 1.82) is 0 Å². The van der Waals surface area contributed by atoms with Crippen LogP contribution in [-0.4, -0.2) is 57.6 Å². The van der Waals surface area contributed by atoms with Crippen LogP contribution in [0.1, 0.15) is 41.0 Å². The SMILES string of the molecule is O=C1CCN(C(=O)/C=C2/c3ccccc3N(C(=O)c3ncn(-c4ccccc4)c3C(F)(F)F)CCC2(F)F)CC1. The number of imidazole rings is 1. The molecule has 12 heteroatoms. The van der Waals surface area contributed by atoms with Crippen LogP contribution < -0.4 is 4.90 Å². The number of Topliss-reactive ketones (excluding diaryl/α,β-unsaturated/α-hetero) is 1. The number of halogens is 5. The van der Waals surface area contributed by atoms with Crippen molar-refractivity contribution < 1.29 is 36.3 Å². The summed E-state index contributed by atoms with van der Waals surface area (Å²) in [5.74, 6) is -5.52. The van der Waals surface area contributed by atoms with E-state index in [1.165, 1.54) is 53.4 Å². The number of hydrogen-bond acceptors (Lipinski definition) is 4. The van der Waals surface area contributed by atoms with Crippen molar-refractivity contribution in [1.82, 2.24) is 14.5 Å². The van der Waals surface area contributed by atoms with Crippen LogP contribution in [0.3, 0.4) is 0 Å². The highest BCUT2D eigenvalue weighted by Gasteiger charge is 2.45. The van der Waals surface area contributed by atoms with E-state index < -0.39 is 53.8 Å². The molecule has 3 aromatic rings. The smallest absolute Gasteiger partial charge is 0.338 e. The van der Waals surface area contributed by atoms with Crippen LogP contribution >= 0.6 is 0 Å². The van der Waals surface area contributed by atoms with E-state index in [2.05, 4.69) is 4.98 Å². The van der Waals surface area contributed by atoms with Crippen LogP contribution in [-0.2, 0) is 15.8 Å². The minimum atomic E-state index is -4.99. The van der Waals surface area contributed by atoms with Gasteiger partial charge < -0.3 is 9.80 Å². The molecule has 1 aromatic heterocycles. The molecule has 0 N–H and O–H groups in total. The molecule has 0 unspecified atom stereocenters. The number of hydrogen-bond donors (Lipinski definition) is 0. The van der Waals surface area contributed by atoms with E-state index in [4.69, 9.17) is 0 Å². The molecule has 208 valence electrons. The molecule has 3 heterocycles. The number of piperidine rings is 1. The summed E-state index contributed by atoms with van der Waals surface area (Å²) in [6.45, 7) is -0.421. The van der Waals surface area contributed by atoms with E-state index in [1.807, 2.05) is 0 Å². The highest BCUT2D eigenvalue weighted by atomic mass is 19.4. The van der Waals surface area contributed by atoms with Gasteiger partial charge in [0, 0.05) is 61.8 Å². The molecule has 0 aliphatic carbocycles. The van der Waals surface area contributed by atoms with E-state index in [9.17, 15) is 27.6 Å². The number of nitrogens with zero attached hydrogens (tertiary/aromatic N) is 4. The number of aromatic nitrogens is 2. The number of benzene rings is 2. The lowest BCUT2D eigenvalue weighted by molar-refractivity contribution is -0.142. The number of alkyl halides is 5. The van der Waals surface area contributed by atoms with Gasteiger partial charge in [0.15, 0.2) is 11.4 Å². The molecule has 2 amide bonds. The first-order chi connectivity index (χ1) is 19.0. The first kappa shape index (κ1) is 27.2. The normalized spacial score (nSPS) is 18.4. The second kappa shape index (κ2) is 10.3. The van der Waals surface area contributed by atoms with Gasteiger partial charge in [-0.15, -0.1) is 0 Å². The predicted octanol–water partition coefficient (Wildman–Crippen LogP) is 5.15. The maximum Gasteiger partial charge on any atom is 0.434 e. The number of carbonyl (C=O) groups excluding carboxylic acids is 3. The average Bonchev–Trinajstić information content (AvgIpc) is 3.35. The Morgan fingerprint density at radius 1 is 0.925 bits per heavy atom. The number of para-hydroxylation sites is 2. The summed E-state index contributed by atoms with van der Waals surface area (Å²) < 4.78 is 74.4. The second-order valence-electron chi connectivity index (χ2n) is 9.50. The molecule has 0 bridgehead atoms. The van der Waals surface area contributed by atoms with Crippen LogP contribution in [0, 0.1) is 0 Å². The maximum atomic E-state index is 15.5. The van der Waals surface area contributed by atoms with Crippen molar-refractivity contribution in [2.24, 2.45) is 0 Å². The third-order valence-electron chi connectivity index (χ3n) is 6.95. The van der Waals surface area contributed by atoms with Gasteiger partial charge in [-0.2, -0.15) is 13.2 Å². The molecule has 2 aromatic carbocycles. The van der Waals surface area contributed by atoms with Gasteiger partial charge in [-0.1, -0.05) is 36.4 Å². The Morgan fingerprint density at radius 2 is 1.57 bits per heavy atom. The molecule has 5 rings (SSSR count). The Hall–Kier alpha value is -4.35. The zero-order valence-corrected chi connectivity index (χ0v) is 21.0. The van der Waals surface area contributed by atoms with Gasteiger partial charge in [-0.05, 0) is 18.2 Å². The minimum absolute atomic E-state index is 0.0241. The molecule has 1 saturated heterocycles. The molecular formula is C28H23F5N4O3. The third-order valence-corrected chi connectivity index (χ3v) is 6.95. The Bertz CT molecular complexity index is 1490. The lowest BCUT2D eigenvalue weighted by Crippen LogP contribution is -2.38. The quantitative estimate of drug-likeness (QED) is 0.329. The van der Waals surface area contributed by atoms with E-state index in [1.54, 1.807) is 6.07 Å². The fourth-order valence-corrected chi connectivity index (χ4v) is 4.91. The number of allylic oxidation sites excluding steroid dienone is 1. The summed E-state index contributed by atoms with van der Waals surface area (Å²) in [6, 6.07) is 13.0.